The van der Waals surface area contributed by atoms with Crippen LogP contribution in [0.5, 0.6) is 0 Å². The number of amides is 1. The lowest BCUT2D eigenvalue weighted by Gasteiger charge is -2.13. The Balaban J connectivity index is 1.56. The first-order valence-electron chi connectivity index (χ1n) is 9.76. The Hall–Kier alpha value is -2.48. The Bertz CT molecular complexity index is 1210. The smallest absolute Gasteiger partial charge is 0.250 e. The van der Waals surface area contributed by atoms with Crippen molar-refractivity contribution in [3.05, 3.63) is 88.4 Å². The minimum absolute atomic E-state index is 0.0788. The molecule has 0 fully saturated rings. The molecule has 0 aliphatic carbocycles. The topological polar surface area (TPSA) is 45.6 Å². The van der Waals surface area contributed by atoms with Crippen molar-refractivity contribution >= 4 is 66.5 Å². The Morgan fingerprint density at radius 2 is 1.90 bits per heavy atom. The van der Waals surface area contributed by atoms with E-state index in [1.54, 1.807) is 18.0 Å². The number of carbonyl (C=O) groups excluding carboxylic acids is 1. The number of halogens is 1. The first-order chi connectivity index (χ1) is 15.1. The summed E-state index contributed by atoms with van der Waals surface area (Å²) >= 11 is 6.62. The van der Waals surface area contributed by atoms with Gasteiger partial charge < -0.3 is 0 Å². The number of anilines is 1. The van der Waals surface area contributed by atoms with E-state index in [1.807, 2.05) is 79.7 Å². The van der Waals surface area contributed by atoms with Crippen molar-refractivity contribution in [2.24, 2.45) is 5.10 Å². The van der Waals surface area contributed by atoms with E-state index in [1.165, 1.54) is 21.9 Å². The van der Waals surface area contributed by atoms with E-state index in [-0.39, 0.29) is 5.91 Å². The number of benzene rings is 3. The van der Waals surface area contributed by atoms with E-state index in [0.717, 1.165) is 25.1 Å². The first-order valence-corrected chi connectivity index (χ1v) is 12.4. The molecule has 0 bridgehead atoms. The zero-order valence-corrected chi connectivity index (χ0v) is 20.1. The van der Waals surface area contributed by atoms with Gasteiger partial charge >= 0.3 is 0 Å². The second-order valence-corrected chi connectivity index (χ2v) is 9.97. The quantitative estimate of drug-likeness (QED) is 0.154. The molecule has 156 valence electrons. The molecule has 1 heterocycles. The minimum Gasteiger partial charge on any atom is -0.272 e. The van der Waals surface area contributed by atoms with E-state index in [9.17, 15) is 4.79 Å². The molecule has 0 spiro atoms. The van der Waals surface area contributed by atoms with Crippen molar-refractivity contribution in [2.75, 3.05) is 10.8 Å². The van der Waals surface area contributed by atoms with Crippen molar-refractivity contribution in [1.29, 1.82) is 0 Å². The molecule has 1 aromatic heterocycles. The number of fused-ring (bicyclic) bond motifs is 1. The lowest BCUT2D eigenvalue weighted by atomic mass is 10.2. The Morgan fingerprint density at radius 3 is 2.68 bits per heavy atom. The van der Waals surface area contributed by atoms with Crippen molar-refractivity contribution in [3.8, 4) is 0 Å². The van der Waals surface area contributed by atoms with Crippen molar-refractivity contribution < 1.29 is 4.79 Å². The average Bonchev–Trinajstić information content (AvgIpc) is 3.18. The number of thiazole rings is 1. The maximum absolute atomic E-state index is 13.1. The van der Waals surface area contributed by atoms with Gasteiger partial charge in [0.15, 0.2) is 0 Å². The minimum atomic E-state index is -0.0788. The lowest BCUT2D eigenvalue weighted by Crippen LogP contribution is -2.25. The summed E-state index contributed by atoms with van der Waals surface area (Å²) in [5, 5.41) is 6.53. The van der Waals surface area contributed by atoms with Gasteiger partial charge in [-0.25, -0.2) is 4.98 Å². The van der Waals surface area contributed by atoms with Gasteiger partial charge in [-0.2, -0.15) is 10.1 Å². The van der Waals surface area contributed by atoms with Crippen LogP contribution in [-0.2, 0) is 4.79 Å². The van der Waals surface area contributed by atoms with Gasteiger partial charge in [0.05, 0.1) is 16.4 Å². The third-order valence-electron chi connectivity index (χ3n) is 4.48. The van der Waals surface area contributed by atoms with Crippen LogP contribution in [0, 0.1) is 6.92 Å². The number of hydrogen-bond acceptors (Lipinski definition) is 5. The van der Waals surface area contributed by atoms with E-state index in [2.05, 4.69) is 26.0 Å². The Labute approximate surface area is 198 Å². The number of nitrogens with zero attached hydrogens (tertiary/aromatic N) is 3. The molecule has 1 amide bonds. The van der Waals surface area contributed by atoms with Crippen LogP contribution in [0.2, 0.25) is 0 Å². The van der Waals surface area contributed by atoms with Gasteiger partial charge in [-0.1, -0.05) is 75.3 Å². The monoisotopic (exact) mass is 509 g/mol. The van der Waals surface area contributed by atoms with Crippen molar-refractivity contribution in [1.82, 2.24) is 4.98 Å². The highest BCUT2D eigenvalue weighted by molar-refractivity contribution is 9.10. The predicted octanol–water partition coefficient (Wildman–Crippen LogP) is 6.92. The van der Waals surface area contributed by atoms with Crippen molar-refractivity contribution in [2.45, 2.75) is 18.2 Å². The predicted molar refractivity (Wildman–Crippen MR) is 135 cm³/mol. The molecule has 0 saturated carbocycles. The largest absolute Gasteiger partial charge is 0.272 e. The Morgan fingerprint density at radius 1 is 1.13 bits per heavy atom. The maximum atomic E-state index is 13.1. The van der Waals surface area contributed by atoms with E-state index in [0.29, 0.717) is 17.3 Å². The summed E-state index contributed by atoms with van der Waals surface area (Å²) in [6.07, 6.45) is 2.08. The number of hydrogen-bond donors (Lipinski definition) is 0. The lowest BCUT2D eigenvalue weighted by molar-refractivity contribution is -0.118. The summed E-state index contributed by atoms with van der Waals surface area (Å²) in [5.74, 6) is 0.598. The fourth-order valence-electron chi connectivity index (χ4n) is 2.85. The number of aromatic nitrogens is 1. The van der Waals surface area contributed by atoms with Gasteiger partial charge in [0.2, 0.25) is 11.0 Å². The molecule has 4 aromatic rings. The number of aryl methyl sites for hydroxylation is 1. The average molecular weight is 510 g/mol. The standard InChI is InChI=1S/C24H20BrN3OS2/c1-17-7-9-18(10-8-17)16-26-28(23(29)13-14-30-20-5-3-2-4-6-20)24-27-21-12-11-19(25)15-22(21)31-24/h2-12,15-16H,13-14H2,1H3/b26-16+. The van der Waals surface area contributed by atoms with E-state index < -0.39 is 0 Å². The van der Waals surface area contributed by atoms with Crippen LogP contribution in [0.4, 0.5) is 5.13 Å². The Kier molecular flexibility index (Phi) is 7.17. The SMILES string of the molecule is Cc1ccc(/C=N/N(C(=O)CCSc2ccccc2)c2nc3ccc(Br)cc3s2)cc1. The first kappa shape index (κ1) is 21.7. The van der Waals surface area contributed by atoms with E-state index in [4.69, 9.17) is 0 Å². The molecule has 0 N–H and O–H groups in total. The molecule has 0 aliphatic rings. The van der Waals surface area contributed by atoms with Gasteiger partial charge in [0.1, 0.15) is 0 Å². The third-order valence-corrected chi connectivity index (χ3v) is 6.98. The second-order valence-electron chi connectivity index (χ2n) is 6.88. The molecule has 4 rings (SSSR count). The zero-order valence-electron chi connectivity index (χ0n) is 16.9. The van der Waals surface area contributed by atoms with Gasteiger partial charge in [0, 0.05) is 21.5 Å². The van der Waals surface area contributed by atoms with Crippen LogP contribution in [-0.4, -0.2) is 22.9 Å². The molecule has 0 saturated heterocycles. The fourth-order valence-corrected chi connectivity index (χ4v) is 5.21. The molecule has 0 radical (unpaired) electrons. The second kappa shape index (κ2) is 10.2. The van der Waals surface area contributed by atoms with Crippen LogP contribution >= 0.6 is 39.0 Å². The van der Waals surface area contributed by atoms with E-state index >= 15 is 0 Å². The molecular formula is C24H20BrN3OS2. The number of carbonyl (C=O) groups is 1. The van der Waals surface area contributed by atoms with Crippen LogP contribution in [0.15, 0.2) is 87.3 Å². The van der Waals surface area contributed by atoms with Crippen LogP contribution in [0.25, 0.3) is 10.2 Å². The summed E-state index contributed by atoms with van der Waals surface area (Å²) in [6, 6.07) is 24.0. The van der Waals surface area contributed by atoms with Crippen molar-refractivity contribution in [3.63, 3.8) is 0 Å². The summed E-state index contributed by atoms with van der Waals surface area (Å²) in [7, 11) is 0. The third kappa shape index (κ3) is 5.81. The molecule has 4 nitrogen and oxygen atoms in total. The maximum Gasteiger partial charge on any atom is 0.250 e. The van der Waals surface area contributed by atoms with Crippen LogP contribution in [0.3, 0.4) is 0 Å². The van der Waals surface area contributed by atoms with Crippen LogP contribution in [0.1, 0.15) is 17.5 Å². The van der Waals surface area contributed by atoms with Gasteiger partial charge in [-0.05, 0) is 42.8 Å². The number of hydrazone groups is 1. The van der Waals surface area contributed by atoms with Gasteiger partial charge in [0.25, 0.3) is 0 Å². The number of rotatable bonds is 7. The molecule has 0 unspecified atom stereocenters. The number of thioether (sulfide) groups is 1. The molecule has 0 atom stereocenters. The molecule has 0 aliphatic heterocycles. The van der Waals surface area contributed by atoms with Gasteiger partial charge in [-0.3, -0.25) is 4.79 Å². The molecule has 3 aromatic carbocycles. The molecule has 31 heavy (non-hydrogen) atoms. The highest BCUT2D eigenvalue weighted by atomic mass is 79.9. The normalized spacial score (nSPS) is 11.3. The highest BCUT2D eigenvalue weighted by Crippen LogP contribution is 2.31. The van der Waals surface area contributed by atoms with Crippen LogP contribution < -0.4 is 5.01 Å². The van der Waals surface area contributed by atoms with Gasteiger partial charge in [-0.15, -0.1) is 11.8 Å². The summed E-state index contributed by atoms with van der Waals surface area (Å²) in [5.41, 5.74) is 2.97. The fraction of sp³-hybridized carbons (Fsp3) is 0.125. The molecular weight excluding hydrogens is 490 g/mol. The summed E-state index contributed by atoms with van der Waals surface area (Å²) in [6.45, 7) is 2.04. The molecule has 7 heteroatoms. The summed E-state index contributed by atoms with van der Waals surface area (Å²) < 4.78 is 1.99. The summed E-state index contributed by atoms with van der Waals surface area (Å²) in [4.78, 5) is 18.9. The highest BCUT2D eigenvalue weighted by Gasteiger charge is 2.19. The zero-order chi connectivity index (χ0) is 21.6.